The first kappa shape index (κ1) is 26.6. The second-order valence-electron chi connectivity index (χ2n) is 8.22. The molecule has 0 heterocycles. The fraction of sp³-hybridized carbons (Fsp3) is 0.391. The van der Waals surface area contributed by atoms with Crippen molar-refractivity contribution < 1.29 is 22.4 Å². The zero-order valence-corrected chi connectivity index (χ0v) is 20.9. The van der Waals surface area contributed by atoms with Gasteiger partial charge in [0.25, 0.3) is 0 Å². The highest BCUT2D eigenvalue weighted by Crippen LogP contribution is 2.25. The van der Waals surface area contributed by atoms with Gasteiger partial charge in [0.05, 0.1) is 17.0 Å². The smallest absolute Gasteiger partial charge is 0.244 e. The lowest BCUT2D eigenvalue weighted by molar-refractivity contribution is -0.139. The lowest BCUT2D eigenvalue weighted by Gasteiger charge is -2.32. The Morgan fingerprint density at radius 1 is 1.12 bits per heavy atom. The average molecular weight is 498 g/mol. The van der Waals surface area contributed by atoms with Crippen LogP contribution in [0.4, 0.5) is 10.1 Å². The molecule has 10 heteroatoms. The molecule has 0 bridgehead atoms. The van der Waals surface area contributed by atoms with E-state index < -0.39 is 34.3 Å². The fourth-order valence-corrected chi connectivity index (χ4v) is 4.27. The molecule has 0 spiro atoms. The van der Waals surface area contributed by atoms with E-state index in [9.17, 15) is 22.4 Å². The summed E-state index contributed by atoms with van der Waals surface area (Å²) < 4.78 is 39.4. The van der Waals surface area contributed by atoms with Gasteiger partial charge in [0, 0.05) is 12.6 Å². The van der Waals surface area contributed by atoms with Crippen molar-refractivity contribution in [1.29, 1.82) is 0 Å². The minimum Gasteiger partial charge on any atom is -0.352 e. The van der Waals surface area contributed by atoms with Crippen molar-refractivity contribution in [3.8, 4) is 0 Å². The van der Waals surface area contributed by atoms with Crippen LogP contribution in [0.15, 0.2) is 42.5 Å². The van der Waals surface area contributed by atoms with Crippen LogP contribution >= 0.6 is 11.6 Å². The largest absolute Gasteiger partial charge is 0.352 e. The third-order valence-corrected chi connectivity index (χ3v) is 6.33. The summed E-state index contributed by atoms with van der Waals surface area (Å²) in [6.45, 7) is 6.64. The van der Waals surface area contributed by atoms with Gasteiger partial charge in [0.15, 0.2) is 0 Å². The first-order valence-corrected chi connectivity index (χ1v) is 12.6. The highest BCUT2D eigenvalue weighted by Gasteiger charge is 2.30. The van der Waals surface area contributed by atoms with Gasteiger partial charge in [-0.3, -0.25) is 13.9 Å². The third kappa shape index (κ3) is 7.43. The monoisotopic (exact) mass is 497 g/mol. The van der Waals surface area contributed by atoms with Gasteiger partial charge in [0.2, 0.25) is 21.8 Å². The molecular weight excluding hydrogens is 469 g/mol. The Balaban J connectivity index is 2.41. The quantitative estimate of drug-likeness (QED) is 0.574. The van der Waals surface area contributed by atoms with E-state index in [2.05, 4.69) is 5.32 Å². The molecule has 2 rings (SSSR count). The number of hydrogen-bond acceptors (Lipinski definition) is 4. The number of carbonyl (C=O) groups is 2. The maximum absolute atomic E-state index is 13.6. The molecule has 0 radical (unpaired) electrons. The van der Waals surface area contributed by atoms with E-state index in [4.69, 9.17) is 11.6 Å². The molecule has 0 aliphatic carbocycles. The van der Waals surface area contributed by atoms with Gasteiger partial charge in [-0.1, -0.05) is 41.4 Å². The molecule has 2 aromatic rings. The number of aryl methyl sites for hydroxylation is 1. The van der Waals surface area contributed by atoms with Gasteiger partial charge in [-0.15, -0.1) is 0 Å². The number of rotatable bonds is 9. The minimum absolute atomic E-state index is 0.0482. The Labute approximate surface area is 199 Å². The van der Waals surface area contributed by atoms with Crippen molar-refractivity contribution in [3.05, 3.63) is 64.4 Å². The predicted octanol–water partition coefficient (Wildman–Crippen LogP) is 3.50. The van der Waals surface area contributed by atoms with Crippen molar-refractivity contribution in [3.63, 3.8) is 0 Å². The number of carbonyl (C=O) groups excluding carboxylic acids is 2. The summed E-state index contributed by atoms with van der Waals surface area (Å²) in [5.74, 6) is -1.66. The van der Waals surface area contributed by atoms with E-state index in [1.807, 2.05) is 31.2 Å². The van der Waals surface area contributed by atoms with Gasteiger partial charge in [0.1, 0.15) is 18.4 Å². The Hall–Kier alpha value is -2.65. The van der Waals surface area contributed by atoms with Crippen LogP contribution in [0, 0.1) is 12.7 Å². The lowest BCUT2D eigenvalue weighted by Crippen LogP contribution is -2.52. The molecule has 0 saturated carbocycles. The highest BCUT2D eigenvalue weighted by atomic mass is 35.5. The van der Waals surface area contributed by atoms with Crippen molar-refractivity contribution in [2.45, 2.75) is 46.3 Å². The maximum atomic E-state index is 13.6. The van der Waals surface area contributed by atoms with E-state index in [0.29, 0.717) is 0 Å². The number of nitrogens with one attached hydrogen (secondary N) is 1. The summed E-state index contributed by atoms with van der Waals surface area (Å²) in [4.78, 5) is 27.4. The standard InChI is InChI=1S/C23H29ClFN3O4S/c1-15(2)26-23(30)17(4)27(13-18-8-6-7-16(3)11-18)22(29)14-28(33(5,31)32)19-9-10-21(25)20(24)12-19/h6-12,15,17H,13-14H2,1-5H3,(H,26,30). The van der Waals surface area contributed by atoms with Crippen LogP contribution in [0.5, 0.6) is 0 Å². The number of nitrogens with zero attached hydrogens (tertiary/aromatic N) is 2. The molecule has 0 aromatic heterocycles. The van der Waals surface area contributed by atoms with Crippen LogP contribution in [0.25, 0.3) is 0 Å². The van der Waals surface area contributed by atoms with E-state index in [-0.39, 0.29) is 29.2 Å². The number of sulfonamides is 1. The molecule has 0 aliphatic rings. The summed E-state index contributed by atoms with van der Waals surface area (Å²) in [5.41, 5.74) is 1.83. The van der Waals surface area contributed by atoms with Crippen molar-refractivity contribution in [2.75, 3.05) is 17.1 Å². The van der Waals surface area contributed by atoms with Gasteiger partial charge >= 0.3 is 0 Å². The molecule has 0 aliphatic heterocycles. The zero-order valence-electron chi connectivity index (χ0n) is 19.3. The van der Waals surface area contributed by atoms with Gasteiger partial charge in [-0.2, -0.15) is 0 Å². The highest BCUT2D eigenvalue weighted by molar-refractivity contribution is 7.92. The molecule has 0 fully saturated rings. The van der Waals surface area contributed by atoms with E-state index in [1.165, 1.54) is 11.0 Å². The number of benzene rings is 2. The molecule has 180 valence electrons. The van der Waals surface area contributed by atoms with Crippen LogP contribution in [-0.4, -0.2) is 50.0 Å². The lowest BCUT2D eigenvalue weighted by atomic mass is 10.1. The molecule has 33 heavy (non-hydrogen) atoms. The van der Waals surface area contributed by atoms with Crippen LogP contribution in [0.2, 0.25) is 5.02 Å². The van der Waals surface area contributed by atoms with Crippen LogP contribution in [0.3, 0.4) is 0 Å². The molecule has 1 atom stereocenters. The van der Waals surface area contributed by atoms with Gasteiger partial charge in [-0.05, 0) is 51.5 Å². The number of hydrogen-bond donors (Lipinski definition) is 1. The molecular formula is C23H29ClFN3O4S. The number of amides is 2. The van der Waals surface area contributed by atoms with Crippen LogP contribution in [-0.2, 0) is 26.2 Å². The molecule has 2 amide bonds. The second-order valence-corrected chi connectivity index (χ2v) is 10.5. The zero-order chi connectivity index (χ0) is 24.9. The van der Waals surface area contributed by atoms with Crippen LogP contribution < -0.4 is 9.62 Å². The maximum Gasteiger partial charge on any atom is 0.244 e. The molecule has 7 nitrogen and oxygen atoms in total. The molecule has 0 saturated heterocycles. The Morgan fingerprint density at radius 3 is 2.33 bits per heavy atom. The average Bonchev–Trinajstić information content (AvgIpc) is 2.70. The number of halogens is 2. The molecule has 2 aromatic carbocycles. The van der Waals surface area contributed by atoms with E-state index >= 15 is 0 Å². The minimum atomic E-state index is -3.92. The van der Waals surface area contributed by atoms with Crippen molar-refractivity contribution in [2.24, 2.45) is 0 Å². The van der Waals surface area contributed by atoms with Crippen molar-refractivity contribution in [1.82, 2.24) is 10.2 Å². The first-order valence-electron chi connectivity index (χ1n) is 10.4. The topological polar surface area (TPSA) is 86.8 Å². The Morgan fingerprint density at radius 2 is 1.79 bits per heavy atom. The summed E-state index contributed by atoms with van der Waals surface area (Å²) >= 11 is 5.82. The second kappa shape index (κ2) is 11.0. The SMILES string of the molecule is Cc1cccc(CN(C(=O)CN(c2ccc(F)c(Cl)c2)S(C)(=O)=O)C(C)C(=O)NC(C)C)c1. The van der Waals surface area contributed by atoms with Crippen molar-refractivity contribution >= 4 is 39.1 Å². The Bertz CT molecular complexity index is 1120. The van der Waals surface area contributed by atoms with E-state index in [1.54, 1.807) is 20.8 Å². The van der Waals surface area contributed by atoms with Gasteiger partial charge < -0.3 is 10.2 Å². The van der Waals surface area contributed by atoms with Gasteiger partial charge in [-0.25, -0.2) is 12.8 Å². The summed E-state index contributed by atoms with van der Waals surface area (Å²) in [7, 11) is -3.92. The fourth-order valence-electron chi connectivity index (χ4n) is 3.25. The summed E-state index contributed by atoms with van der Waals surface area (Å²) in [5, 5.41) is 2.51. The Kier molecular flexibility index (Phi) is 8.85. The summed E-state index contributed by atoms with van der Waals surface area (Å²) in [6, 6.07) is 9.88. The molecule has 1 unspecified atom stereocenters. The molecule has 1 N–H and O–H groups in total. The van der Waals surface area contributed by atoms with E-state index in [0.717, 1.165) is 33.8 Å². The first-order chi connectivity index (χ1) is 15.3. The normalized spacial score (nSPS) is 12.4. The summed E-state index contributed by atoms with van der Waals surface area (Å²) in [6.07, 6.45) is 0.942. The number of anilines is 1. The third-order valence-electron chi connectivity index (χ3n) is 4.90. The van der Waals surface area contributed by atoms with Crippen LogP contribution in [0.1, 0.15) is 31.9 Å². The predicted molar refractivity (Wildman–Crippen MR) is 128 cm³/mol.